The van der Waals surface area contributed by atoms with Crippen molar-refractivity contribution in [2.24, 2.45) is 11.7 Å². The molecule has 0 aromatic heterocycles. The van der Waals surface area contributed by atoms with Crippen LogP contribution in [0, 0.1) is 5.92 Å². The Balaban J connectivity index is 1.86. The molecule has 0 bridgehead atoms. The van der Waals surface area contributed by atoms with Crippen LogP contribution >= 0.6 is 0 Å². The lowest BCUT2D eigenvalue weighted by atomic mass is 9.91. The molecule has 3 amide bonds. The number of hydrogen-bond donors (Lipinski definition) is 3. The molecule has 0 aromatic rings. The molecule has 3 atom stereocenters. The van der Waals surface area contributed by atoms with Crippen LogP contribution in [0.2, 0.25) is 0 Å². The van der Waals surface area contributed by atoms with Crippen molar-refractivity contribution < 1.29 is 14.7 Å². The van der Waals surface area contributed by atoms with Crippen LogP contribution in [0.3, 0.4) is 0 Å². The van der Waals surface area contributed by atoms with Crippen LogP contribution < -0.4 is 11.1 Å². The van der Waals surface area contributed by atoms with Gasteiger partial charge in [-0.15, -0.1) is 0 Å². The summed E-state index contributed by atoms with van der Waals surface area (Å²) in [5, 5.41) is 12.8. The molecule has 2 aliphatic rings. The van der Waals surface area contributed by atoms with Gasteiger partial charge in [-0.25, -0.2) is 4.79 Å². The van der Waals surface area contributed by atoms with Crippen molar-refractivity contribution in [2.45, 2.75) is 50.7 Å². The molecular weight excluding hydrogens is 246 g/mol. The number of aliphatic hydroxyl groups excluding tert-OH is 1. The van der Waals surface area contributed by atoms with E-state index in [4.69, 9.17) is 5.73 Å². The molecule has 108 valence electrons. The van der Waals surface area contributed by atoms with Gasteiger partial charge >= 0.3 is 6.03 Å². The fraction of sp³-hybridized carbons (Fsp3) is 0.846. The van der Waals surface area contributed by atoms with Gasteiger partial charge in [-0.3, -0.25) is 4.79 Å². The normalized spacial score (nSPS) is 31.8. The molecule has 4 N–H and O–H groups in total. The van der Waals surface area contributed by atoms with Gasteiger partial charge in [0.05, 0.1) is 18.1 Å². The second-order valence-electron chi connectivity index (χ2n) is 5.59. The zero-order chi connectivity index (χ0) is 13.8. The first-order valence-electron chi connectivity index (χ1n) is 7.10. The Labute approximate surface area is 113 Å². The number of nitrogens with zero attached hydrogens (tertiary/aromatic N) is 1. The lowest BCUT2D eigenvalue weighted by Crippen LogP contribution is -2.51. The summed E-state index contributed by atoms with van der Waals surface area (Å²) >= 11 is 0. The second-order valence-corrected chi connectivity index (χ2v) is 5.59. The number of rotatable bonds is 2. The summed E-state index contributed by atoms with van der Waals surface area (Å²) in [6, 6.07) is -0.597. The molecule has 19 heavy (non-hydrogen) atoms. The minimum atomic E-state index is -0.463. The lowest BCUT2D eigenvalue weighted by molar-refractivity contribution is -0.128. The number of nitrogens with two attached hydrogens (primary N) is 1. The molecule has 0 aromatic carbocycles. The largest absolute Gasteiger partial charge is 0.391 e. The smallest absolute Gasteiger partial charge is 0.314 e. The highest BCUT2D eigenvalue weighted by Gasteiger charge is 2.31. The van der Waals surface area contributed by atoms with Crippen LogP contribution in [-0.2, 0) is 4.79 Å². The highest BCUT2D eigenvalue weighted by atomic mass is 16.3. The van der Waals surface area contributed by atoms with Crippen molar-refractivity contribution in [3.05, 3.63) is 0 Å². The number of amides is 3. The standard InChI is InChI=1S/C13H23N3O3/c14-13(19)16-7-3-4-9(8-16)12(18)15-10-5-1-2-6-11(10)17/h9-11,17H,1-8H2,(H2,14,19)(H,15,18). The van der Waals surface area contributed by atoms with E-state index >= 15 is 0 Å². The van der Waals surface area contributed by atoms with Gasteiger partial charge in [-0.2, -0.15) is 0 Å². The number of urea groups is 1. The molecule has 1 heterocycles. The molecule has 1 saturated heterocycles. The molecule has 0 radical (unpaired) electrons. The molecule has 6 nitrogen and oxygen atoms in total. The highest BCUT2D eigenvalue weighted by Crippen LogP contribution is 2.21. The van der Waals surface area contributed by atoms with Gasteiger partial charge in [0.25, 0.3) is 0 Å². The molecule has 1 aliphatic carbocycles. The first-order valence-corrected chi connectivity index (χ1v) is 7.10. The third-order valence-electron chi connectivity index (χ3n) is 4.16. The Morgan fingerprint density at radius 2 is 1.89 bits per heavy atom. The van der Waals surface area contributed by atoms with Crippen molar-refractivity contribution in [1.82, 2.24) is 10.2 Å². The average Bonchev–Trinajstić information content (AvgIpc) is 2.41. The van der Waals surface area contributed by atoms with Crippen molar-refractivity contribution in [3.63, 3.8) is 0 Å². The summed E-state index contributed by atoms with van der Waals surface area (Å²) in [6.45, 7) is 1.02. The predicted octanol–water partition coefficient (Wildman–Crippen LogP) is 0.197. The molecule has 3 unspecified atom stereocenters. The van der Waals surface area contributed by atoms with E-state index in [1.54, 1.807) is 0 Å². The van der Waals surface area contributed by atoms with Crippen LogP contribution in [0.5, 0.6) is 0 Å². The van der Waals surface area contributed by atoms with E-state index in [0.29, 0.717) is 13.1 Å². The topological polar surface area (TPSA) is 95.7 Å². The quantitative estimate of drug-likeness (QED) is 0.668. The molecule has 6 heteroatoms. The first kappa shape index (κ1) is 14.1. The van der Waals surface area contributed by atoms with Crippen molar-refractivity contribution in [2.75, 3.05) is 13.1 Å². The van der Waals surface area contributed by atoms with Crippen LogP contribution in [0.15, 0.2) is 0 Å². The summed E-state index contributed by atoms with van der Waals surface area (Å²) in [7, 11) is 0. The Morgan fingerprint density at radius 1 is 1.16 bits per heavy atom. The lowest BCUT2D eigenvalue weighted by Gasteiger charge is -2.33. The van der Waals surface area contributed by atoms with E-state index in [9.17, 15) is 14.7 Å². The molecule has 2 rings (SSSR count). The van der Waals surface area contributed by atoms with Gasteiger partial charge in [0.1, 0.15) is 0 Å². The molecule has 1 aliphatic heterocycles. The zero-order valence-corrected chi connectivity index (χ0v) is 11.2. The monoisotopic (exact) mass is 269 g/mol. The third kappa shape index (κ3) is 3.59. The van der Waals surface area contributed by atoms with E-state index in [1.807, 2.05) is 0 Å². The number of piperidine rings is 1. The van der Waals surface area contributed by atoms with Crippen molar-refractivity contribution >= 4 is 11.9 Å². The van der Waals surface area contributed by atoms with Gasteiger partial charge < -0.3 is 21.1 Å². The van der Waals surface area contributed by atoms with Gasteiger partial charge in [-0.05, 0) is 25.7 Å². The van der Waals surface area contributed by atoms with E-state index in [-0.39, 0.29) is 17.9 Å². The van der Waals surface area contributed by atoms with Crippen LogP contribution in [0.1, 0.15) is 38.5 Å². The van der Waals surface area contributed by atoms with E-state index in [2.05, 4.69) is 5.32 Å². The maximum atomic E-state index is 12.2. The maximum Gasteiger partial charge on any atom is 0.314 e. The number of carbonyl (C=O) groups excluding carboxylic acids is 2. The van der Waals surface area contributed by atoms with Crippen LogP contribution in [0.25, 0.3) is 0 Å². The maximum absolute atomic E-state index is 12.2. The Kier molecular flexibility index (Phi) is 4.63. The average molecular weight is 269 g/mol. The van der Waals surface area contributed by atoms with Gasteiger partial charge in [0.2, 0.25) is 5.91 Å². The molecule has 1 saturated carbocycles. The number of aliphatic hydroxyl groups is 1. The van der Waals surface area contributed by atoms with E-state index in [1.165, 1.54) is 4.90 Å². The first-order chi connectivity index (χ1) is 9.08. The summed E-state index contributed by atoms with van der Waals surface area (Å²) in [6.07, 6.45) is 4.79. The zero-order valence-electron chi connectivity index (χ0n) is 11.2. The summed E-state index contributed by atoms with van der Waals surface area (Å²) < 4.78 is 0. The number of nitrogens with one attached hydrogen (secondary N) is 1. The van der Waals surface area contributed by atoms with Crippen LogP contribution in [-0.4, -0.2) is 47.2 Å². The number of carbonyl (C=O) groups is 2. The molecule has 2 fully saturated rings. The fourth-order valence-corrected chi connectivity index (χ4v) is 2.97. The number of primary amides is 1. The summed E-state index contributed by atoms with van der Waals surface area (Å²) in [4.78, 5) is 24.8. The van der Waals surface area contributed by atoms with Gasteiger partial charge in [-0.1, -0.05) is 12.8 Å². The molecule has 0 spiro atoms. The number of likely N-dealkylation sites (tertiary alicyclic amines) is 1. The van der Waals surface area contributed by atoms with Gasteiger partial charge in [0.15, 0.2) is 0 Å². The van der Waals surface area contributed by atoms with E-state index in [0.717, 1.165) is 38.5 Å². The Bertz CT molecular complexity index is 348. The van der Waals surface area contributed by atoms with E-state index < -0.39 is 12.1 Å². The predicted molar refractivity (Wildman–Crippen MR) is 70.3 cm³/mol. The van der Waals surface area contributed by atoms with Gasteiger partial charge in [0, 0.05) is 13.1 Å². The second kappa shape index (κ2) is 6.23. The minimum Gasteiger partial charge on any atom is -0.391 e. The molecular formula is C13H23N3O3. The summed E-state index contributed by atoms with van der Waals surface area (Å²) in [5.41, 5.74) is 5.25. The SMILES string of the molecule is NC(=O)N1CCCC(C(=O)NC2CCCCC2O)C1. The highest BCUT2D eigenvalue weighted by molar-refractivity contribution is 5.80. The van der Waals surface area contributed by atoms with Crippen molar-refractivity contribution in [1.29, 1.82) is 0 Å². The summed E-state index contributed by atoms with van der Waals surface area (Å²) in [5.74, 6) is -0.257. The minimum absolute atomic E-state index is 0.0584. The number of hydrogen-bond acceptors (Lipinski definition) is 3. The Hall–Kier alpha value is -1.30. The van der Waals surface area contributed by atoms with Crippen molar-refractivity contribution in [3.8, 4) is 0 Å². The Morgan fingerprint density at radius 3 is 2.58 bits per heavy atom. The fourth-order valence-electron chi connectivity index (χ4n) is 2.97. The third-order valence-corrected chi connectivity index (χ3v) is 4.16. The van der Waals surface area contributed by atoms with Crippen LogP contribution in [0.4, 0.5) is 4.79 Å².